The molecule has 0 aliphatic rings. The molecule has 0 aromatic rings. The molecule has 0 aromatic carbocycles. The highest BCUT2D eigenvalue weighted by molar-refractivity contribution is 5.24. The lowest BCUT2D eigenvalue weighted by Gasteiger charge is -2.13. The third-order valence-electron chi connectivity index (χ3n) is 1.42. The normalized spacial score (nSPS) is 9.58. The summed E-state index contributed by atoms with van der Waals surface area (Å²) in [4.78, 5) is 0. The number of hydrogen-bond donors (Lipinski definition) is 1. The van der Waals surface area contributed by atoms with Crippen LogP contribution in [0.3, 0.4) is 0 Å². The van der Waals surface area contributed by atoms with E-state index in [1.807, 2.05) is 0 Å². The van der Waals surface area contributed by atoms with Crippen LogP contribution < -0.4 is 5.32 Å². The van der Waals surface area contributed by atoms with E-state index in [-0.39, 0.29) is 0 Å². The fourth-order valence-electron chi connectivity index (χ4n) is 0.930. The van der Waals surface area contributed by atoms with E-state index in [1.165, 1.54) is 16.8 Å². The molecule has 12 heavy (non-hydrogen) atoms. The second-order valence-corrected chi connectivity index (χ2v) is 3.93. The number of allylic oxidation sites excluding steroid dienone is 3. The molecule has 0 bridgehead atoms. The number of hydrogen-bond acceptors (Lipinski definition) is 1. The summed E-state index contributed by atoms with van der Waals surface area (Å²) in [6.45, 7) is 12.8. The molecule has 0 aliphatic heterocycles. The van der Waals surface area contributed by atoms with E-state index in [2.05, 4.69) is 52.9 Å². The molecular formula is C11H21N. The summed E-state index contributed by atoms with van der Waals surface area (Å²) >= 11 is 0. The zero-order valence-electron chi connectivity index (χ0n) is 9.15. The van der Waals surface area contributed by atoms with Gasteiger partial charge in [0.2, 0.25) is 0 Å². The number of nitrogens with one attached hydrogen (secondary N) is 1. The highest BCUT2D eigenvalue weighted by Crippen LogP contribution is 2.05. The Labute approximate surface area is 76.6 Å². The first-order valence-electron chi connectivity index (χ1n) is 4.52. The molecule has 0 heterocycles. The molecule has 1 nitrogen and oxygen atoms in total. The minimum absolute atomic E-state index is 0.505. The zero-order valence-corrected chi connectivity index (χ0v) is 9.15. The molecule has 0 unspecified atom stereocenters. The first-order valence-corrected chi connectivity index (χ1v) is 4.52. The highest BCUT2D eigenvalue weighted by Gasteiger charge is 1.97. The van der Waals surface area contributed by atoms with E-state index in [1.54, 1.807) is 0 Å². The lowest BCUT2D eigenvalue weighted by atomic mass is 10.2. The molecule has 0 fully saturated rings. The highest BCUT2D eigenvalue weighted by atomic mass is 14.9. The van der Waals surface area contributed by atoms with Crippen LogP contribution in [0.2, 0.25) is 0 Å². The van der Waals surface area contributed by atoms with Crippen LogP contribution in [0.1, 0.15) is 41.5 Å². The van der Waals surface area contributed by atoms with Crippen LogP contribution in [0.25, 0.3) is 0 Å². The van der Waals surface area contributed by atoms with Crippen molar-refractivity contribution < 1.29 is 0 Å². The summed E-state index contributed by atoms with van der Waals surface area (Å²) in [5.41, 5.74) is 3.93. The van der Waals surface area contributed by atoms with Crippen LogP contribution in [0.4, 0.5) is 0 Å². The lowest BCUT2D eigenvalue weighted by Crippen LogP contribution is -2.21. The van der Waals surface area contributed by atoms with E-state index in [0.29, 0.717) is 6.04 Å². The van der Waals surface area contributed by atoms with Crippen LogP contribution in [0, 0.1) is 0 Å². The molecule has 1 heteroatoms. The van der Waals surface area contributed by atoms with Crippen molar-refractivity contribution in [3.63, 3.8) is 0 Å². The smallest absolute Gasteiger partial charge is 0.0327 e. The minimum atomic E-state index is 0.505. The van der Waals surface area contributed by atoms with Gasteiger partial charge in [-0.2, -0.15) is 0 Å². The van der Waals surface area contributed by atoms with E-state index < -0.39 is 0 Å². The second kappa shape index (κ2) is 5.02. The van der Waals surface area contributed by atoms with Crippen LogP contribution >= 0.6 is 0 Å². The molecule has 70 valence electrons. The monoisotopic (exact) mass is 167 g/mol. The molecule has 0 rings (SSSR count). The predicted molar refractivity (Wildman–Crippen MR) is 56.1 cm³/mol. The van der Waals surface area contributed by atoms with Gasteiger partial charge >= 0.3 is 0 Å². The third kappa shape index (κ3) is 5.00. The van der Waals surface area contributed by atoms with Crippen molar-refractivity contribution in [2.45, 2.75) is 47.6 Å². The molecule has 0 amide bonds. The molecule has 0 saturated heterocycles. The molecular weight excluding hydrogens is 146 g/mol. The summed E-state index contributed by atoms with van der Waals surface area (Å²) in [6, 6.07) is 0.505. The average molecular weight is 167 g/mol. The van der Waals surface area contributed by atoms with Gasteiger partial charge in [0.1, 0.15) is 0 Å². The van der Waals surface area contributed by atoms with Crippen molar-refractivity contribution in [3.8, 4) is 0 Å². The van der Waals surface area contributed by atoms with E-state index in [0.717, 1.165) is 0 Å². The lowest BCUT2D eigenvalue weighted by molar-refractivity contribution is 0.675. The largest absolute Gasteiger partial charge is 0.383 e. The number of rotatable bonds is 3. The van der Waals surface area contributed by atoms with Crippen molar-refractivity contribution in [2.75, 3.05) is 0 Å². The van der Waals surface area contributed by atoms with Gasteiger partial charge in [0, 0.05) is 11.7 Å². The standard InChI is InChI=1S/C11H21N/c1-8(2)7-11(9(3)4)12-10(5)6/h7,10,12H,1-6H3. The Morgan fingerprint density at radius 3 is 1.83 bits per heavy atom. The first-order chi connectivity index (χ1) is 5.43. The van der Waals surface area contributed by atoms with Crippen molar-refractivity contribution in [1.29, 1.82) is 0 Å². The minimum Gasteiger partial charge on any atom is -0.383 e. The zero-order chi connectivity index (χ0) is 9.72. The fourth-order valence-corrected chi connectivity index (χ4v) is 0.930. The van der Waals surface area contributed by atoms with Gasteiger partial charge in [0.25, 0.3) is 0 Å². The van der Waals surface area contributed by atoms with Gasteiger partial charge in [-0.15, -0.1) is 0 Å². The summed E-state index contributed by atoms with van der Waals surface area (Å²) in [7, 11) is 0. The molecule has 0 saturated carbocycles. The van der Waals surface area contributed by atoms with Gasteiger partial charge in [-0.05, 0) is 47.6 Å². The summed E-state index contributed by atoms with van der Waals surface area (Å²) in [5, 5.41) is 3.41. The van der Waals surface area contributed by atoms with Gasteiger partial charge in [-0.3, -0.25) is 0 Å². The maximum absolute atomic E-state index is 3.41. The Hall–Kier alpha value is -0.720. The summed E-state index contributed by atoms with van der Waals surface area (Å²) in [5.74, 6) is 0. The van der Waals surface area contributed by atoms with Gasteiger partial charge in [-0.25, -0.2) is 0 Å². The first kappa shape index (κ1) is 11.3. The average Bonchev–Trinajstić information content (AvgIpc) is 1.83. The maximum Gasteiger partial charge on any atom is 0.0327 e. The van der Waals surface area contributed by atoms with Crippen LogP contribution in [-0.2, 0) is 0 Å². The third-order valence-corrected chi connectivity index (χ3v) is 1.42. The van der Waals surface area contributed by atoms with Gasteiger partial charge in [0.15, 0.2) is 0 Å². The van der Waals surface area contributed by atoms with Crippen molar-refractivity contribution in [3.05, 3.63) is 22.9 Å². The molecule has 0 spiro atoms. The Morgan fingerprint density at radius 2 is 1.58 bits per heavy atom. The van der Waals surface area contributed by atoms with Gasteiger partial charge in [0.05, 0.1) is 0 Å². The van der Waals surface area contributed by atoms with Crippen LogP contribution in [0.15, 0.2) is 22.9 Å². The Morgan fingerprint density at radius 1 is 1.08 bits per heavy atom. The Balaban J connectivity index is 4.49. The fraction of sp³-hybridized carbons (Fsp3) is 0.636. The van der Waals surface area contributed by atoms with Crippen molar-refractivity contribution in [1.82, 2.24) is 5.32 Å². The second-order valence-electron chi connectivity index (χ2n) is 3.93. The van der Waals surface area contributed by atoms with Gasteiger partial charge in [-0.1, -0.05) is 11.1 Å². The van der Waals surface area contributed by atoms with Gasteiger partial charge < -0.3 is 5.32 Å². The van der Waals surface area contributed by atoms with Crippen molar-refractivity contribution >= 4 is 0 Å². The van der Waals surface area contributed by atoms with E-state index >= 15 is 0 Å². The topological polar surface area (TPSA) is 12.0 Å². The molecule has 0 aliphatic carbocycles. The van der Waals surface area contributed by atoms with E-state index in [9.17, 15) is 0 Å². The maximum atomic E-state index is 3.41. The quantitative estimate of drug-likeness (QED) is 0.636. The Bertz CT molecular complexity index is 189. The van der Waals surface area contributed by atoms with E-state index in [4.69, 9.17) is 0 Å². The predicted octanol–water partition coefficient (Wildman–Crippen LogP) is 3.24. The summed E-state index contributed by atoms with van der Waals surface area (Å²) < 4.78 is 0. The molecule has 0 radical (unpaired) electrons. The van der Waals surface area contributed by atoms with Crippen molar-refractivity contribution in [2.24, 2.45) is 0 Å². The Kier molecular flexibility index (Phi) is 4.72. The summed E-state index contributed by atoms with van der Waals surface area (Å²) in [6.07, 6.45) is 2.19. The molecule has 1 N–H and O–H groups in total. The van der Waals surface area contributed by atoms with Crippen LogP contribution in [-0.4, -0.2) is 6.04 Å². The molecule has 0 aromatic heterocycles. The SMILES string of the molecule is CC(C)=CC(NC(C)C)=C(C)C. The molecule has 0 atom stereocenters. The van der Waals surface area contributed by atoms with Crippen LogP contribution in [0.5, 0.6) is 0 Å².